The maximum Gasteiger partial charge on any atom is 0.416 e. The monoisotopic (exact) mass is 454 g/mol. The number of anilines is 1. The number of nitrogens with zero attached hydrogens (tertiary/aromatic N) is 1. The van der Waals surface area contributed by atoms with Crippen molar-refractivity contribution < 1.29 is 32.2 Å². The van der Waals surface area contributed by atoms with Crippen molar-refractivity contribution in [1.82, 2.24) is 4.90 Å². The first-order valence-electron chi connectivity index (χ1n) is 9.23. The van der Waals surface area contributed by atoms with E-state index in [4.69, 9.17) is 9.47 Å². The molecule has 0 spiro atoms. The number of rotatable bonds is 5. The third-order valence-corrected chi connectivity index (χ3v) is 5.89. The van der Waals surface area contributed by atoms with E-state index in [1.807, 2.05) is 0 Å². The van der Waals surface area contributed by atoms with Gasteiger partial charge in [0.2, 0.25) is 5.91 Å². The van der Waals surface area contributed by atoms with Gasteiger partial charge in [-0.2, -0.15) is 13.2 Å². The fourth-order valence-corrected chi connectivity index (χ4v) is 4.01. The summed E-state index contributed by atoms with van der Waals surface area (Å²) in [6.07, 6.45) is -4.54. The van der Waals surface area contributed by atoms with Crippen LogP contribution < -0.4 is 10.1 Å². The van der Waals surface area contributed by atoms with Crippen LogP contribution in [0.5, 0.6) is 5.75 Å². The highest BCUT2D eigenvalue weighted by molar-refractivity contribution is 7.12. The van der Waals surface area contributed by atoms with Gasteiger partial charge in [0.05, 0.1) is 23.1 Å². The standard InChI is InChI=1S/C21H21F3N2O4S/c1-12-16(17-15(29-4)8-9-31-17)18(27)26(11-30-12)20(2,3)19(28)25-14-7-5-6-13(10-14)21(22,23)24/h5-10H,11H2,1-4H3,(H,25,28). The molecule has 0 atom stereocenters. The van der Waals surface area contributed by atoms with Crippen molar-refractivity contribution in [2.45, 2.75) is 32.5 Å². The number of allylic oxidation sites excluding steroid dienone is 1. The molecular weight excluding hydrogens is 433 g/mol. The minimum absolute atomic E-state index is 0.0230. The number of alkyl halides is 3. The molecule has 6 nitrogen and oxygen atoms in total. The van der Waals surface area contributed by atoms with E-state index in [1.54, 1.807) is 18.4 Å². The van der Waals surface area contributed by atoms with Crippen molar-refractivity contribution in [1.29, 1.82) is 0 Å². The van der Waals surface area contributed by atoms with Gasteiger partial charge in [-0.25, -0.2) is 0 Å². The van der Waals surface area contributed by atoms with Crippen molar-refractivity contribution in [2.75, 3.05) is 19.2 Å². The van der Waals surface area contributed by atoms with E-state index in [2.05, 4.69) is 5.32 Å². The first-order chi connectivity index (χ1) is 14.5. The maximum atomic E-state index is 13.3. The second-order valence-electron chi connectivity index (χ2n) is 7.35. The summed E-state index contributed by atoms with van der Waals surface area (Å²) in [5.74, 6) is -0.185. The highest BCUT2D eigenvalue weighted by Gasteiger charge is 2.43. The van der Waals surface area contributed by atoms with Gasteiger partial charge >= 0.3 is 6.18 Å². The Kier molecular flexibility index (Phi) is 6.04. The molecule has 10 heteroatoms. The Morgan fingerprint density at radius 1 is 1.26 bits per heavy atom. The van der Waals surface area contributed by atoms with Gasteiger partial charge in [0.15, 0.2) is 6.73 Å². The molecule has 2 aromatic rings. The number of carbonyl (C=O) groups excluding carboxylic acids is 2. The predicted octanol–water partition coefficient (Wildman–Crippen LogP) is 4.74. The molecule has 166 valence electrons. The topological polar surface area (TPSA) is 67.9 Å². The van der Waals surface area contributed by atoms with Gasteiger partial charge in [-0.3, -0.25) is 14.5 Å². The fraction of sp³-hybridized carbons (Fsp3) is 0.333. The smallest absolute Gasteiger partial charge is 0.416 e. The third-order valence-electron chi connectivity index (χ3n) is 4.98. The van der Waals surface area contributed by atoms with E-state index >= 15 is 0 Å². The molecule has 1 aromatic heterocycles. The molecule has 0 radical (unpaired) electrons. The highest BCUT2D eigenvalue weighted by Crippen LogP contribution is 2.38. The fourth-order valence-electron chi connectivity index (χ4n) is 3.07. The molecule has 1 aromatic carbocycles. The zero-order valence-electron chi connectivity index (χ0n) is 17.3. The van der Waals surface area contributed by atoms with Gasteiger partial charge in [-0.05, 0) is 50.4 Å². The highest BCUT2D eigenvalue weighted by atomic mass is 32.1. The normalized spacial score (nSPS) is 15.1. The van der Waals surface area contributed by atoms with Crippen LogP contribution in [0.1, 0.15) is 31.2 Å². The first-order valence-corrected chi connectivity index (χ1v) is 10.1. The summed E-state index contributed by atoms with van der Waals surface area (Å²) in [6.45, 7) is 4.48. The van der Waals surface area contributed by atoms with Gasteiger partial charge in [0.1, 0.15) is 17.0 Å². The average Bonchev–Trinajstić information content (AvgIpc) is 3.15. The van der Waals surface area contributed by atoms with Crippen molar-refractivity contribution in [3.63, 3.8) is 0 Å². The molecule has 1 aliphatic heterocycles. The van der Waals surface area contributed by atoms with Crippen LogP contribution >= 0.6 is 11.3 Å². The number of hydrogen-bond acceptors (Lipinski definition) is 5. The Hall–Kier alpha value is -3.01. The van der Waals surface area contributed by atoms with Crippen LogP contribution in [0.15, 0.2) is 41.5 Å². The zero-order valence-corrected chi connectivity index (χ0v) is 18.1. The molecular formula is C21H21F3N2O4S. The SMILES string of the molecule is COc1ccsc1C1=C(C)OCN(C(C)(C)C(=O)Nc2cccc(C(F)(F)F)c2)C1=O. The van der Waals surface area contributed by atoms with Crippen LogP contribution in [-0.2, 0) is 20.5 Å². The molecule has 0 saturated carbocycles. The number of halogens is 3. The Bertz CT molecular complexity index is 1040. The molecule has 2 amide bonds. The van der Waals surface area contributed by atoms with Crippen LogP contribution in [0, 0.1) is 0 Å². The Balaban J connectivity index is 1.86. The molecule has 3 rings (SSSR count). The summed E-state index contributed by atoms with van der Waals surface area (Å²) in [5.41, 5.74) is -2.05. The summed E-state index contributed by atoms with van der Waals surface area (Å²) in [5, 5.41) is 4.24. The summed E-state index contributed by atoms with van der Waals surface area (Å²) >= 11 is 1.30. The lowest BCUT2D eigenvalue weighted by atomic mass is 9.98. The Morgan fingerprint density at radius 3 is 2.61 bits per heavy atom. The molecule has 1 aliphatic rings. The number of benzene rings is 1. The quantitative estimate of drug-likeness (QED) is 0.709. The minimum Gasteiger partial charge on any atom is -0.495 e. The molecule has 1 N–H and O–H groups in total. The van der Waals surface area contributed by atoms with Gasteiger partial charge in [-0.1, -0.05) is 6.07 Å². The molecule has 31 heavy (non-hydrogen) atoms. The number of carbonyl (C=O) groups is 2. The molecule has 2 heterocycles. The van der Waals surface area contributed by atoms with Crippen LogP contribution in [-0.4, -0.2) is 36.1 Å². The largest absolute Gasteiger partial charge is 0.495 e. The minimum atomic E-state index is -4.54. The summed E-state index contributed by atoms with van der Waals surface area (Å²) in [6, 6.07) is 6.03. The van der Waals surface area contributed by atoms with Gasteiger partial charge in [0.25, 0.3) is 5.91 Å². The maximum absolute atomic E-state index is 13.3. The summed E-state index contributed by atoms with van der Waals surface area (Å²) < 4.78 is 49.8. The van der Waals surface area contributed by atoms with Gasteiger partial charge < -0.3 is 14.8 Å². The Morgan fingerprint density at radius 2 is 1.97 bits per heavy atom. The van der Waals surface area contributed by atoms with E-state index in [0.717, 1.165) is 12.1 Å². The lowest BCUT2D eigenvalue weighted by Crippen LogP contribution is -2.57. The van der Waals surface area contributed by atoms with Crippen molar-refractivity contribution in [3.05, 3.63) is 51.9 Å². The number of methoxy groups -OCH3 is 1. The van der Waals surface area contributed by atoms with E-state index in [-0.39, 0.29) is 18.0 Å². The number of nitrogens with one attached hydrogen (secondary N) is 1. The number of thiophene rings is 1. The van der Waals surface area contributed by atoms with Crippen LogP contribution in [0.25, 0.3) is 5.57 Å². The molecule has 0 fully saturated rings. The average molecular weight is 454 g/mol. The van der Waals surface area contributed by atoms with Crippen LogP contribution in [0.3, 0.4) is 0 Å². The van der Waals surface area contributed by atoms with Crippen molar-refractivity contribution >= 4 is 34.4 Å². The second kappa shape index (κ2) is 8.26. The third kappa shape index (κ3) is 4.39. The van der Waals surface area contributed by atoms with Crippen LogP contribution in [0.4, 0.5) is 18.9 Å². The number of hydrogen-bond donors (Lipinski definition) is 1. The van der Waals surface area contributed by atoms with Gasteiger partial charge in [-0.15, -0.1) is 11.3 Å². The number of ether oxygens (including phenoxy) is 2. The Labute approximate surface area is 181 Å². The molecule has 0 saturated heterocycles. The van der Waals surface area contributed by atoms with E-state index in [9.17, 15) is 22.8 Å². The van der Waals surface area contributed by atoms with Crippen LogP contribution in [0.2, 0.25) is 0 Å². The second-order valence-corrected chi connectivity index (χ2v) is 8.26. The first kappa shape index (κ1) is 22.7. The predicted molar refractivity (Wildman–Crippen MR) is 110 cm³/mol. The molecule has 0 bridgehead atoms. The van der Waals surface area contributed by atoms with Gasteiger partial charge in [0, 0.05) is 5.69 Å². The molecule has 0 aliphatic carbocycles. The van der Waals surface area contributed by atoms with Crippen molar-refractivity contribution in [3.8, 4) is 5.75 Å². The zero-order chi connectivity index (χ0) is 23.0. The lowest BCUT2D eigenvalue weighted by molar-refractivity contribution is -0.147. The lowest BCUT2D eigenvalue weighted by Gasteiger charge is -2.40. The van der Waals surface area contributed by atoms with E-state index in [0.29, 0.717) is 16.4 Å². The summed E-state index contributed by atoms with van der Waals surface area (Å²) in [4.78, 5) is 28.1. The molecule has 0 unspecified atom stereocenters. The number of amides is 2. The summed E-state index contributed by atoms with van der Waals surface area (Å²) in [7, 11) is 1.49. The van der Waals surface area contributed by atoms with Crippen molar-refractivity contribution in [2.24, 2.45) is 0 Å². The van der Waals surface area contributed by atoms with E-state index < -0.39 is 29.1 Å². The van der Waals surface area contributed by atoms with E-state index in [1.165, 1.54) is 49.3 Å².